The first-order valence-corrected chi connectivity index (χ1v) is 13.8. The molecule has 0 nitrogen and oxygen atoms in total. The van der Waals surface area contributed by atoms with Crippen LogP contribution in [0.1, 0.15) is 175 Å². The van der Waals surface area contributed by atoms with E-state index in [-0.39, 0.29) is 0 Å². The van der Waals surface area contributed by atoms with Crippen LogP contribution in [0.5, 0.6) is 0 Å². The highest BCUT2D eigenvalue weighted by molar-refractivity contribution is 4.56. The molecule has 28 heavy (non-hydrogen) atoms. The zero-order chi connectivity index (χ0) is 20.5. The summed E-state index contributed by atoms with van der Waals surface area (Å²) in [6.07, 6.45) is 35.3. The Morgan fingerprint density at radius 3 is 0.786 bits per heavy atom. The minimum absolute atomic E-state index is 0.970. The van der Waals surface area contributed by atoms with Gasteiger partial charge < -0.3 is 0 Å². The Kier molecular flexibility index (Phi) is 25.0. The third-order valence-corrected chi connectivity index (χ3v) is 6.60. The normalized spacial score (nSPS) is 12.5. The maximum Gasteiger partial charge on any atom is -0.0443 e. The van der Waals surface area contributed by atoms with Gasteiger partial charge in [-0.1, -0.05) is 175 Å². The highest BCUT2D eigenvalue weighted by Gasteiger charge is 2.02. The lowest BCUT2D eigenvalue weighted by Crippen LogP contribution is -1.95. The van der Waals surface area contributed by atoms with E-state index in [0.29, 0.717) is 0 Å². The number of hydrogen-bond donors (Lipinski definition) is 0. The summed E-state index contributed by atoms with van der Waals surface area (Å²) in [5.74, 6) is 0.970. The van der Waals surface area contributed by atoms with Gasteiger partial charge in [0, 0.05) is 0 Å². The highest BCUT2D eigenvalue weighted by Crippen LogP contribution is 2.19. The molecule has 0 aliphatic heterocycles. The molecule has 0 spiro atoms. The van der Waals surface area contributed by atoms with E-state index in [1.165, 1.54) is 154 Å². The predicted octanol–water partition coefficient (Wildman–Crippen LogP) is 11.0. The van der Waals surface area contributed by atoms with E-state index < -0.39 is 0 Å². The van der Waals surface area contributed by atoms with Crippen molar-refractivity contribution in [1.82, 2.24) is 0 Å². The van der Waals surface area contributed by atoms with E-state index in [1.54, 1.807) is 0 Å². The third kappa shape index (κ3) is 24.0. The average molecular weight is 395 g/mol. The molecule has 1 unspecified atom stereocenters. The smallest absolute Gasteiger partial charge is 0.0443 e. The van der Waals surface area contributed by atoms with E-state index in [0.717, 1.165) is 5.92 Å². The summed E-state index contributed by atoms with van der Waals surface area (Å²) in [6, 6.07) is 0. The first-order chi connectivity index (χ1) is 13.8. The second-order valence-electron chi connectivity index (χ2n) is 9.75. The number of rotatable bonds is 24. The topological polar surface area (TPSA) is 0 Å². The molecule has 0 fully saturated rings. The highest BCUT2D eigenvalue weighted by atomic mass is 14.1. The maximum atomic E-state index is 2.48. The van der Waals surface area contributed by atoms with Gasteiger partial charge in [-0.3, -0.25) is 0 Å². The van der Waals surface area contributed by atoms with Gasteiger partial charge in [-0.15, -0.1) is 0 Å². The van der Waals surface area contributed by atoms with Crippen molar-refractivity contribution in [2.24, 2.45) is 5.92 Å². The van der Waals surface area contributed by atoms with Crippen molar-refractivity contribution in [1.29, 1.82) is 0 Å². The standard InChI is InChI=1S/C28H58/c1-4-6-8-10-11-12-13-14-15-16-17-18-19-20-21-23-25-27-28(3)26-24-22-9-7-5-2/h28H,4-27H2,1-3H3. The molecule has 0 N–H and O–H groups in total. The third-order valence-electron chi connectivity index (χ3n) is 6.60. The van der Waals surface area contributed by atoms with E-state index >= 15 is 0 Å². The zero-order valence-corrected chi connectivity index (χ0v) is 20.5. The molecule has 0 aromatic carbocycles. The minimum atomic E-state index is 0.970. The predicted molar refractivity (Wildman–Crippen MR) is 131 cm³/mol. The van der Waals surface area contributed by atoms with E-state index in [2.05, 4.69) is 20.8 Å². The summed E-state index contributed by atoms with van der Waals surface area (Å²) in [5, 5.41) is 0. The van der Waals surface area contributed by atoms with Gasteiger partial charge in [0.25, 0.3) is 0 Å². The molecule has 0 aliphatic carbocycles. The molecular weight excluding hydrogens is 336 g/mol. The fourth-order valence-electron chi connectivity index (χ4n) is 4.46. The molecule has 0 saturated heterocycles. The van der Waals surface area contributed by atoms with Gasteiger partial charge >= 0.3 is 0 Å². The first-order valence-electron chi connectivity index (χ1n) is 13.8. The molecule has 170 valence electrons. The first kappa shape index (κ1) is 28.0. The Morgan fingerprint density at radius 1 is 0.321 bits per heavy atom. The monoisotopic (exact) mass is 394 g/mol. The molecule has 0 aliphatic rings. The van der Waals surface area contributed by atoms with E-state index in [4.69, 9.17) is 0 Å². The fourth-order valence-corrected chi connectivity index (χ4v) is 4.46. The van der Waals surface area contributed by atoms with Crippen molar-refractivity contribution >= 4 is 0 Å². The second kappa shape index (κ2) is 25.0. The lowest BCUT2D eigenvalue weighted by Gasteiger charge is -2.11. The summed E-state index contributed by atoms with van der Waals surface area (Å²) < 4.78 is 0. The Bertz CT molecular complexity index is 257. The van der Waals surface area contributed by atoms with Crippen LogP contribution in [-0.2, 0) is 0 Å². The van der Waals surface area contributed by atoms with Crippen LogP contribution in [0.2, 0.25) is 0 Å². The molecular formula is C28H58. The van der Waals surface area contributed by atoms with Gasteiger partial charge in [0.1, 0.15) is 0 Å². The van der Waals surface area contributed by atoms with E-state index in [1.807, 2.05) is 0 Å². The number of hydrogen-bond acceptors (Lipinski definition) is 0. The Morgan fingerprint density at radius 2 is 0.536 bits per heavy atom. The molecule has 0 bridgehead atoms. The van der Waals surface area contributed by atoms with Gasteiger partial charge in [-0.05, 0) is 5.92 Å². The largest absolute Gasteiger partial charge is 0.0654 e. The Labute approximate surface area is 181 Å². The van der Waals surface area contributed by atoms with E-state index in [9.17, 15) is 0 Å². The minimum Gasteiger partial charge on any atom is -0.0654 e. The van der Waals surface area contributed by atoms with Crippen molar-refractivity contribution < 1.29 is 0 Å². The molecule has 0 aromatic heterocycles. The van der Waals surface area contributed by atoms with Gasteiger partial charge in [0.2, 0.25) is 0 Å². The molecule has 0 heterocycles. The Balaban J connectivity index is 3.08. The second-order valence-corrected chi connectivity index (χ2v) is 9.75. The van der Waals surface area contributed by atoms with Gasteiger partial charge in [0.05, 0.1) is 0 Å². The van der Waals surface area contributed by atoms with Gasteiger partial charge in [-0.2, -0.15) is 0 Å². The van der Waals surface area contributed by atoms with Crippen LogP contribution in [0, 0.1) is 5.92 Å². The SMILES string of the molecule is CCCCCCCCCCCCCCCCCCCC(C)CCCCCCC. The average Bonchev–Trinajstić information content (AvgIpc) is 2.70. The van der Waals surface area contributed by atoms with Crippen molar-refractivity contribution in [3.63, 3.8) is 0 Å². The number of unbranched alkanes of at least 4 members (excludes halogenated alkanes) is 20. The molecule has 0 aromatic rings. The van der Waals surface area contributed by atoms with Crippen molar-refractivity contribution in [3.05, 3.63) is 0 Å². The maximum absolute atomic E-state index is 2.48. The fraction of sp³-hybridized carbons (Fsp3) is 1.00. The zero-order valence-electron chi connectivity index (χ0n) is 20.5. The lowest BCUT2D eigenvalue weighted by molar-refractivity contribution is 0.431. The van der Waals surface area contributed by atoms with Crippen LogP contribution in [-0.4, -0.2) is 0 Å². The van der Waals surface area contributed by atoms with Gasteiger partial charge in [-0.25, -0.2) is 0 Å². The molecule has 0 radical (unpaired) electrons. The van der Waals surface area contributed by atoms with Crippen molar-refractivity contribution in [3.8, 4) is 0 Å². The quantitative estimate of drug-likeness (QED) is 0.143. The van der Waals surface area contributed by atoms with Crippen LogP contribution in [0.25, 0.3) is 0 Å². The molecule has 0 saturated carbocycles. The van der Waals surface area contributed by atoms with Gasteiger partial charge in [0.15, 0.2) is 0 Å². The molecule has 0 amide bonds. The van der Waals surface area contributed by atoms with Crippen LogP contribution < -0.4 is 0 Å². The summed E-state index contributed by atoms with van der Waals surface area (Å²) in [4.78, 5) is 0. The summed E-state index contributed by atoms with van der Waals surface area (Å²) in [5.41, 5.74) is 0. The van der Waals surface area contributed by atoms with Crippen LogP contribution in [0.3, 0.4) is 0 Å². The molecule has 0 rings (SSSR count). The van der Waals surface area contributed by atoms with Crippen molar-refractivity contribution in [2.75, 3.05) is 0 Å². The van der Waals surface area contributed by atoms with Crippen LogP contribution >= 0.6 is 0 Å². The lowest BCUT2D eigenvalue weighted by atomic mass is 9.96. The summed E-state index contributed by atoms with van der Waals surface area (Å²) in [6.45, 7) is 7.09. The molecule has 0 heteroatoms. The summed E-state index contributed by atoms with van der Waals surface area (Å²) >= 11 is 0. The summed E-state index contributed by atoms with van der Waals surface area (Å²) in [7, 11) is 0. The van der Waals surface area contributed by atoms with Crippen LogP contribution in [0.15, 0.2) is 0 Å². The van der Waals surface area contributed by atoms with Crippen molar-refractivity contribution in [2.45, 2.75) is 175 Å². The van der Waals surface area contributed by atoms with Crippen LogP contribution in [0.4, 0.5) is 0 Å². The Hall–Kier alpha value is 0. The molecule has 1 atom stereocenters.